The number of halogens is 3. The fourth-order valence-corrected chi connectivity index (χ4v) is 2.63. The highest BCUT2D eigenvalue weighted by Gasteiger charge is 2.31. The van der Waals surface area contributed by atoms with Gasteiger partial charge in [-0.25, -0.2) is 11.3 Å². The van der Waals surface area contributed by atoms with Crippen LogP contribution in [0.5, 0.6) is 0 Å². The molecular weight excluding hydrogens is 429 g/mol. The molecule has 0 aliphatic heterocycles. The smallest absolute Gasteiger partial charge is 0.321 e. The molecule has 0 aliphatic rings. The number of hydrogen-bond acceptors (Lipinski definition) is 6. The van der Waals surface area contributed by atoms with E-state index in [0.717, 1.165) is 12.1 Å². The van der Waals surface area contributed by atoms with Crippen LogP contribution in [0.1, 0.15) is 22.6 Å². The summed E-state index contributed by atoms with van der Waals surface area (Å²) in [6, 6.07) is 12.2. The number of nitrogens with two attached hydrogens (primary N) is 1. The molecule has 0 bridgehead atoms. The van der Waals surface area contributed by atoms with Gasteiger partial charge in [0.1, 0.15) is 11.6 Å². The van der Waals surface area contributed by atoms with Crippen LogP contribution in [0.4, 0.5) is 18.9 Å². The van der Waals surface area contributed by atoms with Gasteiger partial charge in [0.2, 0.25) is 0 Å². The maximum absolute atomic E-state index is 13.0. The molecule has 166 valence electrons. The number of carbonyl (C=O) groups excluding carboxylic acids is 3. The molecule has 0 unspecified atom stereocenters. The van der Waals surface area contributed by atoms with Crippen molar-refractivity contribution in [3.63, 3.8) is 0 Å². The third-order valence-corrected chi connectivity index (χ3v) is 4.20. The molecular formula is C20H17F3N6O3. The standard InChI is InChI=1S/C20H17F3N6O3/c1-11-5-2-3-8-14(11)15(10-24)16(28-29-19(32)18(31)27-25)17(30)26-13-7-4-6-12(9-13)20(21,22)23/h2-9,15H,25H2,1H3,(H,26,30)(H,27,31)(H,29,32)/b28-16-/t15-/m1/s1. The van der Waals surface area contributed by atoms with Crippen LogP contribution in [-0.2, 0) is 20.6 Å². The molecule has 0 heterocycles. The predicted molar refractivity (Wildman–Crippen MR) is 108 cm³/mol. The Morgan fingerprint density at radius 2 is 1.75 bits per heavy atom. The number of hydrogen-bond donors (Lipinski definition) is 4. The van der Waals surface area contributed by atoms with Gasteiger partial charge >= 0.3 is 18.0 Å². The van der Waals surface area contributed by atoms with Crippen molar-refractivity contribution >= 4 is 29.1 Å². The highest BCUT2D eigenvalue weighted by molar-refractivity contribution is 6.46. The van der Waals surface area contributed by atoms with Crippen LogP contribution in [0.2, 0.25) is 0 Å². The van der Waals surface area contributed by atoms with Crippen LogP contribution < -0.4 is 22.0 Å². The van der Waals surface area contributed by atoms with Gasteiger partial charge in [-0.1, -0.05) is 30.3 Å². The van der Waals surface area contributed by atoms with Crippen LogP contribution in [0.25, 0.3) is 0 Å². The van der Waals surface area contributed by atoms with E-state index >= 15 is 0 Å². The van der Waals surface area contributed by atoms with Crippen molar-refractivity contribution in [2.45, 2.75) is 19.0 Å². The fraction of sp³-hybridized carbons (Fsp3) is 0.150. The maximum Gasteiger partial charge on any atom is 0.416 e. The summed E-state index contributed by atoms with van der Waals surface area (Å²) in [5, 5.41) is 15.5. The monoisotopic (exact) mass is 446 g/mol. The zero-order chi connectivity index (χ0) is 23.9. The van der Waals surface area contributed by atoms with Crippen molar-refractivity contribution in [1.82, 2.24) is 10.9 Å². The van der Waals surface area contributed by atoms with E-state index in [2.05, 4.69) is 10.4 Å². The van der Waals surface area contributed by atoms with E-state index in [1.54, 1.807) is 42.0 Å². The largest absolute Gasteiger partial charge is 0.416 e. The van der Waals surface area contributed by atoms with Gasteiger partial charge in [0, 0.05) is 5.69 Å². The Morgan fingerprint density at radius 1 is 1.06 bits per heavy atom. The van der Waals surface area contributed by atoms with E-state index in [0.29, 0.717) is 17.2 Å². The van der Waals surface area contributed by atoms with Gasteiger partial charge in [0.05, 0.1) is 11.6 Å². The molecule has 0 spiro atoms. The van der Waals surface area contributed by atoms with E-state index in [1.807, 2.05) is 6.07 Å². The second-order valence-electron chi connectivity index (χ2n) is 6.36. The lowest BCUT2D eigenvalue weighted by Crippen LogP contribution is -2.42. The van der Waals surface area contributed by atoms with Crippen molar-refractivity contribution < 1.29 is 27.6 Å². The van der Waals surface area contributed by atoms with Crippen LogP contribution in [0.15, 0.2) is 53.6 Å². The van der Waals surface area contributed by atoms with E-state index in [1.165, 1.54) is 6.07 Å². The zero-order valence-corrected chi connectivity index (χ0v) is 16.5. The number of alkyl halides is 3. The molecule has 5 N–H and O–H groups in total. The molecule has 0 saturated heterocycles. The first kappa shape index (κ1) is 24.0. The number of aryl methyl sites for hydroxylation is 1. The summed E-state index contributed by atoms with van der Waals surface area (Å²) in [6.07, 6.45) is -4.64. The van der Waals surface area contributed by atoms with Crippen molar-refractivity contribution in [2.24, 2.45) is 10.9 Å². The average Bonchev–Trinajstić information content (AvgIpc) is 2.76. The first-order valence-corrected chi connectivity index (χ1v) is 8.90. The first-order chi connectivity index (χ1) is 15.1. The number of hydrazone groups is 1. The molecule has 32 heavy (non-hydrogen) atoms. The van der Waals surface area contributed by atoms with Crippen LogP contribution in [0.3, 0.4) is 0 Å². The lowest BCUT2D eigenvalue weighted by molar-refractivity contribution is -0.139. The van der Waals surface area contributed by atoms with Gasteiger partial charge < -0.3 is 5.32 Å². The summed E-state index contributed by atoms with van der Waals surface area (Å²) in [4.78, 5) is 35.8. The molecule has 0 aromatic heterocycles. The fourth-order valence-electron chi connectivity index (χ4n) is 2.63. The zero-order valence-electron chi connectivity index (χ0n) is 16.5. The summed E-state index contributed by atoms with van der Waals surface area (Å²) in [5.74, 6) is -0.113. The minimum atomic E-state index is -4.64. The molecule has 2 aromatic rings. The second kappa shape index (κ2) is 10.2. The topological polar surface area (TPSA) is 149 Å². The predicted octanol–water partition coefficient (Wildman–Crippen LogP) is 1.72. The lowest BCUT2D eigenvalue weighted by atomic mass is 9.91. The summed E-state index contributed by atoms with van der Waals surface area (Å²) in [5.41, 5.74) is 2.58. The number of amides is 3. The molecule has 1 atom stereocenters. The Labute approximate surface area is 180 Å². The maximum atomic E-state index is 13.0. The van der Waals surface area contributed by atoms with E-state index in [-0.39, 0.29) is 5.69 Å². The lowest BCUT2D eigenvalue weighted by Gasteiger charge is -2.16. The number of nitrogens with one attached hydrogen (secondary N) is 3. The van der Waals surface area contributed by atoms with Gasteiger partial charge in [0.25, 0.3) is 5.91 Å². The minimum absolute atomic E-state index is 0.218. The van der Waals surface area contributed by atoms with Crippen LogP contribution in [0, 0.1) is 18.3 Å². The molecule has 0 aliphatic carbocycles. The van der Waals surface area contributed by atoms with Crippen LogP contribution >= 0.6 is 0 Å². The molecule has 0 saturated carbocycles. The van der Waals surface area contributed by atoms with Gasteiger partial charge in [-0.2, -0.15) is 23.5 Å². The number of benzene rings is 2. The Bertz CT molecular complexity index is 1110. The molecule has 0 radical (unpaired) electrons. The second-order valence-corrected chi connectivity index (χ2v) is 6.36. The first-order valence-electron chi connectivity index (χ1n) is 8.90. The van der Waals surface area contributed by atoms with Crippen LogP contribution in [-0.4, -0.2) is 23.4 Å². The van der Waals surface area contributed by atoms with E-state index in [4.69, 9.17) is 5.84 Å². The molecule has 2 rings (SSSR count). The highest BCUT2D eigenvalue weighted by Crippen LogP contribution is 2.31. The summed E-state index contributed by atoms with van der Waals surface area (Å²) >= 11 is 0. The molecule has 2 aromatic carbocycles. The van der Waals surface area contributed by atoms with E-state index in [9.17, 15) is 32.8 Å². The number of anilines is 1. The Kier molecular flexibility index (Phi) is 7.65. The van der Waals surface area contributed by atoms with Crippen molar-refractivity contribution in [1.29, 1.82) is 5.26 Å². The Hall–Kier alpha value is -4.24. The Morgan fingerprint density at radius 3 is 2.34 bits per heavy atom. The SMILES string of the molecule is Cc1ccccc1[C@@H](C#N)/C(=N/NC(=O)C(=O)NN)C(=O)Nc1cccc(C(F)(F)F)c1. The third-order valence-electron chi connectivity index (χ3n) is 4.20. The van der Waals surface area contributed by atoms with Gasteiger partial charge in [0.15, 0.2) is 0 Å². The molecule has 0 fully saturated rings. The average molecular weight is 446 g/mol. The summed E-state index contributed by atoms with van der Waals surface area (Å²) in [6.45, 7) is 1.67. The number of hydrazine groups is 1. The Balaban J connectivity index is 2.45. The molecule has 12 heteroatoms. The van der Waals surface area contributed by atoms with Crippen molar-refractivity contribution in [2.75, 3.05) is 5.32 Å². The number of carbonyl (C=O) groups is 3. The number of nitriles is 1. The summed E-state index contributed by atoms with van der Waals surface area (Å²) in [7, 11) is 0. The molecule has 9 nitrogen and oxygen atoms in total. The van der Waals surface area contributed by atoms with Gasteiger partial charge in [-0.05, 0) is 36.2 Å². The number of nitrogens with zero attached hydrogens (tertiary/aromatic N) is 2. The molecule has 3 amide bonds. The summed E-state index contributed by atoms with van der Waals surface area (Å²) < 4.78 is 38.9. The van der Waals surface area contributed by atoms with E-state index < -0.39 is 41.1 Å². The van der Waals surface area contributed by atoms with Crippen molar-refractivity contribution in [3.8, 4) is 6.07 Å². The highest BCUT2D eigenvalue weighted by atomic mass is 19.4. The van der Waals surface area contributed by atoms with Crippen molar-refractivity contribution in [3.05, 3.63) is 65.2 Å². The van der Waals surface area contributed by atoms with Gasteiger partial charge in [-0.3, -0.25) is 19.8 Å². The third kappa shape index (κ3) is 5.89. The minimum Gasteiger partial charge on any atom is -0.321 e. The van der Waals surface area contributed by atoms with Gasteiger partial charge in [-0.15, -0.1) is 0 Å². The quantitative estimate of drug-likeness (QED) is 0.181. The normalized spacial score (nSPS) is 12.3. The number of rotatable bonds is 5.